The van der Waals surface area contributed by atoms with Crippen LogP contribution in [0.1, 0.15) is 49.5 Å². The van der Waals surface area contributed by atoms with Gasteiger partial charge in [0.15, 0.2) is 6.23 Å². The normalized spacial score (nSPS) is 17.7. The molecule has 2 aromatic carbocycles. The summed E-state index contributed by atoms with van der Waals surface area (Å²) < 4.78 is 12.3. The molecule has 0 bridgehead atoms. The van der Waals surface area contributed by atoms with Crippen LogP contribution in [0.15, 0.2) is 60.0 Å². The molecule has 3 atom stereocenters. The van der Waals surface area contributed by atoms with Gasteiger partial charge in [0, 0.05) is 34.1 Å². The first-order valence-electron chi connectivity index (χ1n) is 11.6. The Morgan fingerprint density at radius 1 is 1.12 bits per heavy atom. The number of fused-ring (bicyclic) bond motifs is 1. The van der Waals surface area contributed by atoms with Gasteiger partial charge in [0.25, 0.3) is 0 Å². The van der Waals surface area contributed by atoms with Gasteiger partial charge in [-0.15, -0.1) is 11.3 Å². The van der Waals surface area contributed by atoms with Gasteiger partial charge >= 0.3 is 5.97 Å². The Morgan fingerprint density at radius 2 is 2.00 bits per heavy atom. The van der Waals surface area contributed by atoms with E-state index in [9.17, 15) is 4.79 Å². The lowest BCUT2D eigenvalue weighted by atomic mass is 10.1. The highest BCUT2D eigenvalue weighted by Gasteiger charge is 2.23. The van der Waals surface area contributed by atoms with E-state index in [2.05, 4.69) is 35.0 Å². The molecular weight excluding hydrogens is 470 g/mol. The van der Waals surface area contributed by atoms with Crippen LogP contribution < -0.4 is 10.1 Å². The van der Waals surface area contributed by atoms with Crippen molar-refractivity contribution in [3.63, 3.8) is 0 Å². The lowest BCUT2D eigenvalue weighted by Gasteiger charge is -2.24. The maximum atomic E-state index is 12.5. The number of hydrogen-bond acceptors (Lipinski definition) is 7. The zero-order chi connectivity index (χ0) is 22.9. The number of rotatable bonds is 12. The van der Waals surface area contributed by atoms with Crippen molar-refractivity contribution >= 4 is 49.7 Å². The van der Waals surface area contributed by atoms with Crippen LogP contribution in [0, 0.1) is 0 Å². The second-order valence-electron chi connectivity index (χ2n) is 8.18. The molecular formula is C26H31NO3S3. The molecule has 0 saturated carbocycles. The van der Waals surface area contributed by atoms with Crippen LogP contribution in [-0.4, -0.2) is 30.2 Å². The van der Waals surface area contributed by atoms with Gasteiger partial charge in [-0.1, -0.05) is 70.5 Å². The van der Waals surface area contributed by atoms with Crippen LogP contribution in [0.4, 0.5) is 0 Å². The maximum absolute atomic E-state index is 12.5. The Morgan fingerprint density at radius 3 is 2.79 bits per heavy atom. The van der Waals surface area contributed by atoms with E-state index in [0.29, 0.717) is 12.8 Å². The molecule has 1 N–H and O–H groups in total. The summed E-state index contributed by atoms with van der Waals surface area (Å²) in [6.07, 6.45) is 4.86. The van der Waals surface area contributed by atoms with Crippen molar-refractivity contribution in [2.45, 2.75) is 56.1 Å². The molecule has 1 aromatic heterocycles. The fourth-order valence-electron chi connectivity index (χ4n) is 3.99. The predicted molar refractivity (Wildman–Crippen MR) is 142 cm³/mol. The topological polar surface area (TPSA) is 47.6 Å². The van der Waals surface area contributed by atoms with Crippen molar-refractivity contribution in [3.05, 3.63) is 64.9 Å². The summed E-state index contributed by atoms with van der Waals surface area (Å²) >= 11 is 1.66. The van der Waals surface area contributed by atoms with Gasteiger partial charge in [0.1, 0.15) is 11.9 Å². The molecule has 0 amide bonds. The van der Waals surface area contributed by atoms with Crippen LogP contribution >= 0.6 is 32.9 Å². The first kappa shape index (κ1) is 24.5. The minimum absolute atomic E-state index is 0.141. The standard InChI is InChI=1S/C26H31NO3S3/c1-27-25(30-26(28)14-5-3-10-20-15-17-32-33-20)18-23(24-13-7-16-31-24)29-22-12-6-9-19-8-2-4-11-21(19)22/h2,4,6-9,11-13,16,20,23,25,27H,3,5,10,14-15,17-18H2,1H3/t20?,23-,25?/m0/s1. The van der Waals surface area contributed by atoms with E-state index in [1.165, 1.54) is 18.6 Å². The molecule has 2 unspecified atom stereocenters. The fourth-order valence-corrected chi connectivity index (χ4v) is 7.79. The lowest BCUT2D eigenvalue weighted by molar-refractivity contribution is -0.152. The van der Waals surface area contributed by atoms with Gasteiger partial charge in [-0.3, -0.25) is 10.1 Å². The third kappa shape index (κ3) is 7.15. The largest absolute Gasteiger partial charge is 0.484 e. The van der Waals surface area contributed by atoms with Crippen LogP contribution in [-0.2, 0) is 9.53 Å². The van der Waals surface area contributed by atoms with E-state index in [-0.39, 0.29) is 12.1 Å². The number of nitrogens with one attached hydrogen (secondary N) is 1. The van der Waals surface area contributed by atoms with Crippen molar-refractivity contribution in [1.29, 1.82) is 0 Å². The Bertz CT molecular complexity index is 1000. The molecule has 3 aromatic rings. The van der Waals surface area contributed by atoms with Gasteiger partial charge in [-0.25, -0.2) is 0 Å². The molecule has 1 saturated heterocycles. The van der Waals surface area contributed by atoms with E-state index in [1.54, 1.807) is 11.3 Å². The Labute approximate surface area is 208 Å². The molecule has 4 rings (SSSR count). The summed E-state index contributed by atoms with van der Waals surface area (Å²) in [6, 6.07) is 18.4. The van der Waals surface area contributed by atoms with Gasteiger partial charge in [-0.2, -0.15) is 0 Å². The second kappa shape index (κ2) is 12.7. The fraction of sp³-hybridized carbons (Fsp3) is 0.423. The number of unbranched alkanes of at least 4 members (excludes halogenated alkanes) is 1. The van der Waals surface area contributed by atoms with Gasteiger partial charge < -0.3 is 9.47 Å². The van der Waals surface area contributed by atoms with Crippen molar-refractivity contribution in [1.82, 2.24) is 5.32 Å². The zero-order valence-electron chi connectivity index (χ0n) is 18.9. The van der Waals surface area contributed by atoms with E-state index >= 15 is 0 Å². The quantitative estimate of drug-likeness (QED) is 0.122. The number of hydrogen-bond donors (Lipinski definition) is 1. The smallest absolute Gasteiger partial charge is 0.307 e. The van der Waals surface area contributed by atoms with Crippen molar-refractivity contribution < 1.29 is 14.3 Å². The number of benzene rings is 2. The summed E-state index contributed by atoms with van der Waals surface area (Å²) in [6.45, 7) is 0. The predicted octanol–water partition coefficient (Wildman–Crippen LogP) is 7.21. The third-order valence-electron chi connectivity index (χ3n) is 5.79. The van der Waals surface area contributed by atoms with Crippen molar-refractivity contribution in [3.8, 4) is 5.75 Å². The average molecular weight is 502 g/mol. The lowest BCUT2D eigenvalue weighted by Crippen LogP contribution is -2.33. The summed E-state index contributed by atoms with van der Waals surface area (Å²) in [4.78, 5) is 13.6. The van der Waals surface area contributed by atoms with E-state index in [0.717, 1.165) is 39.5 Å². The number of carbonyl (C=O) groups excluding carboxylic acids is 1. The second-order valence-corrected chi connectivity index (χ2v) is 11.9. The van der Waals surface area contributed by atoms with Crippen LogP contribution in [0.3, 0.4) is 0 Å². The molecule has 7 heteroatoms. The van der Waals surface area contributed by atoms with Gasteiger partial charge in [0.2, 0.25) is 0 Å². The first-order valence-corrected chi connectivity index (χ1v) is 14.8. The van der Waals surface area contributed by atoms with Crippen LogP contribution in [0.5, 0.6) is 5.75 Å². The van der Waals surface area contributed by atoms with Crippen LogP contribution in [0.25, 0.3) is 10.8 Å². The summed E-state index contributed by atoms with van der Waals surface area (Å²) in [5.41, 5.74) is 0. The van der Waals surface area contributed by atoms with E-state index in [4.69, 9.17) is 9.47 Å². The highest BCUT2D eigenvalue weighted by Crippen LogP contribution is 2.40. The van der Waals surface area contributed by atoms with Crippen LogP contribution in [0.2, 0.25) is 0 Å². The average Bonchev–Trinajstić information content (AvgIpc) is 3.56. The molecule has 0 radical (unpaired) electrons. The highest BCUT2D eigenvalue weighted by atomic mass is 33.1. The number of esters is 1. The summed E-state index contributed by atoms with van der Waals surface area (Å²) in [5.74, 6) is 1.96. The molecule has 1 aliphatic heterocycles. The number of ether oxygens (including phenoxy) is 2. The molecule has 4 nitrogen and oxygen atoms in total. The Balaban J connectivity index is 1.35. The van der Waals surface area contributed by atoms with E-state index < -0.39 is 6.23 Å². The van der Waals surface area contributed by atoms with Gasteiger partial charge in [0.05, 0.1) is 0 Å². The first-order chi connectivity index (χ1) is 16.2. The Kier molecular flexibility index (Phi) is 9.41. The highest BCUT2D eigenvalue weighted by molar-refractivity contribution is 8.77. The van der Waals surface area contributed by atoms with E-state index in [1.807, 2.05) is 59.0 Å². The molecule has 176 valence electrons. The number of carbonyl (C=O) groups is 1. The third-order valence-corrected chi connectivity index (χ3v) is 9.76. The maximum Gasteiger partial charge on any atom is 0.307 e. The van der Waals surface area contributed by atoms with Crippen molar-refractivity contribution in [2.24, 2.45) is 0 Å². The molecule has 33 heavy (non-hydrogen) atoms. The van der Waals surface area contributed by atoms with Crippen molar-refractivity contribution in [2.75, 3.05) is 12.8 Å². The molecule has 0 aliphatic carbocycles. The monoisotopic (exact) mass is 501 g/mol. The number of thiophene rings is 1. The summed E-state index contributed by atoms with van der Waals surface area (Å²) in [7, 11) is 5.80. The molecule has 2 heterocycles. The minimum Gasteiger partial charge on any atom is -0.484 e. The molecule has 1 aliphatic rings. The van der Waals surface area contributed by atoms with Gasteiger partial charge in [-0.05, 0) is 49.2 Å². The minimum atomic E-state index is -0.402. The zero-order valence-corrected chi connectivity index (χ0v) is 21.4. The SMILES string of the molecule is CNC(C[C@H](Oc1cccc2ccccc12)c1cccs1)OC(=O)CCCCC1CCSS1. The molecule has 0 spiro atoms. The Hall–Kier alpha value is -1.67. The summed E-state index contributed by atoms with van der Waals surface area (Å²) in [5, 5.41) is 8.20. The molecule has 1 fully saturated rings.